The van der Waals surface area contributed by atoms with E-state index in [0.717, 1.165) is 17.6 Å². The van der Waals surface area contributed by atoms with Crippen molar-refractivity contribution in [3.8, 4) is 5.88 Å². The molecular weight excluding hydrogens is 326 g/mol. The van der Waals surface area contributed by atoms with Crippen molar-refractivity contribution >= 4 is 27.5 Å². The molecule has 0 radical (unpaired) electrons. The van der Waals surface area contributed by atoms with Gasteiger partial charge in [-0.25, -0.2) is 0 Å². The summed E-state index contributed by atoms with van der Waals surface area (Å²) in [4.78, 5) is 3.61. The number of nitrogens with zero attached hydrogens (tertiary/aromatic N) is 2. The summed E-state index contributed by atoms with van der Waals surface area (Å²) in [5.74, 6) is 0.687. The molecule has 0 bridgehead atoms. The van der Waals surface area contributed by atoms with Gasteiger partial charge in [0.2, 0.25) is 5.88 Å². The van der Waals surface area contributed by atoms with Gasteiger partial charge in [0.1, 0.15) is 0 Å². The topological polar surface area (TPSA) is 37.4 Å². The second kappa shape index (κ2) is 6.52. The highest BCUT2D eigenvalue weighted by molar-refractivity contribution is 9.10. The Bertz CT molecular complexity index is 416. The van der Waals surface area contributed by atoms with Crippen molar-refractivity contribution in [3.05, 3.63) is 9.35 Å². The molecule has 1 aromatic heterocycles. The van der Waals surface area contributed by atoms with Gasteiger partial charge < -0.3 is 15.0 Å². The van der Waals surface area contributed by atoms with Crippen molar-refractivity contribution in [3.63, 3.8) is 0 Å². The molecule has 4 nitrogen and oxygen atoms in total. The third kappa shape index (κ3) is 3.90. The lowest BCUT2D eigenvalue weighted by atomic mass is 9.80. The molecule has 6 heteroatoms. The summed E-state index contributed by atoms with van der Waals surface area (Å²) < 4.78 is 10.4. The van der Waals surface area contributed by atoms with Gasteiger partial charge in [0.15, 0.2) is 0 Å². The number of aromatic nitrogens is 1. The molecule has 0 aliphatic carbocycles. The summed E-state index contributed by atoms with van der Waals surface area (Å²) in [6, 6.07) is 0. The number of hydrogen-bond acceptors (Lipinski definition) is 5. The first kappa shape index (κ1) is 15.2. The van der Waals surface area contributed by atoms with E-state index in [-0.39, 0.29) is 0 Å². The molecule has 108 valence electrons. The molecule has 1 aromatic rings. The molecule has 19 heavy (non-hydrogen) atoms. The average Bonchev–Trinajstić information content (AvgIpc) is 2.75. The maximum absolute atomic E-state index is 5.17. The number of rotatable bonds is 5. The highest BCUT2D eigenvalue weighted by Crippen LogP contribution is 2.32. The quantitative estimate of drug-likeness (QED) is 0.888. The molecular formula is C13H22BrN3OS. The van der Waals surface area contributed by atoms with E-state index in [4.69, 9.17) is 4.74 Å². The zero-order valence-electron chi connectivity index (χ0n) is 11.8. The van der Waals surface area contributed by atoms with Crippen LogP contribution in [-0.2, 0) is 6.54 Å². The van der Waals surface area contributed by atoms with Crippen LogP contribution in [0.5, 0.6) is 5.88 Å². The van der Waals surface area contributed by atoms with Gasteiger partial charge >= 0.3 is 0 Å². The lowest BCUT2D eigenvalue weighted by Gasteiger charge is -2.38. The van der Waals surface area contributed by atoms with E-state index in [2.05, 4.69) is 44.5 Å². The highest BCUT2D eigenvalue weighted by Gasteiger charge is 2.28. The Morgan fingerprint density at radius 2 is 2.16 bits per heavy atom. The van der Waals surface area contributed by atoms with Crippen LogP contribution >= 0.6 is 27.5 Å². The molecule has 1 saturated heterocycles. The van der Waals surface area contributed by atoms with Gasteiger partial charge in [0.05, 0.1) is 16.5 Å². The molecule has 1 aliphatic heterocycles. The fourth-order valence-corrected chi connectivity index (χ4v) is 3.76. The Kier molecular flexibility index (Phi) is 5.22. The van der Waals surface area contributed by atoms with E-state index >= 15 is 0 Å². The lowest BCUT2D eigenvalue weighted by Crippen LogP contribution is -2.41. The first-order valence-corrected chi connectivity index (χ1v) is 8.18. The Balaban J connectivity index is 1.81. The smallest absolute Gasteiger partial charge is 0.239 e. The number of hydrogen-bond donors (Lipinski definition) is 1. The maximum Gasteiger partial charge on any atom is 0.239 e. The average molecular weight is 348 g/mol. The van der Waals surface area contributed by atoms with Crippen LogP contribution in [-0.4, -0.2) is 43.1 Å². The summed E-state index contributed by atoms with van der Waals surface area (Å²) in [5, 5.41) is 3.57. The molecule has 0 amide bonds. The van der Waals surface area contributed by atoms with Crippen molar-refractivity contribution in [2.24, 2.45) is 5.41 Å². The van der Waals surface area contributed by atoms with Crippen LogP contribution in [0.3, 0.4) is 0 Å². The third-order valence-corrected chi connectivity index (χ3v) is 5.80. The zero-order chi connectivity index (χ0) is 13.9. The molecule has 1 fully saturated rings. The Hall–Kier alpha value is -0.170. The number of likely N-dealkylation sites (tertiary alicyclic amines) is 1. The fraction of sp³-hybridized carbons (Fsp3) is 0.769. The maximum atomic E-state index is 5.17. The van der Waals surface area contributed by atoms with Gasteiger partial charge in [-0.05, 0) is 65.9 Å². The third-order valence-electron chi connectivity index (χ3n) is 3.90. The zero-order valence-corrected chi connectivity index (χ0v) is 14.2. The Morgan fingerprint density at radius 3 is 2.74 bits per heavy atom. The fourth-order valence-electron chi connectivity index (χ4n) is 2.35. The van der Waals surface area contributed by atoms with Gasteiger partial charge in [-0.2, -0.15) is 4.37 Å². The van der Waals surface area contributed by atoms with E-state index in [1.165, 1.54) is 42.3 Å². The van der Waals surface area contributed by atoms with Crippen LogP contribution in [0.25, 0.3) is 0 Å². The molecule has 1 aliphatic rings. The molecule has 0 aromatic carbocycles. The van der Waals surface area contributed by atoms with Gasteiger partial charge in [0.25, 0.3) is 0 Å². The van der Waals surface area contributed by atoms with Crippen LogP contribution in [0.1, 0.15) is 24.6 Å². The molecule has 0 atom stereocenters. The predicted molar refractivity (Wildman–Crippen MR) is 82.9 cm³/mol. The van der Waals surface area contributed by atoms with E-state index in [9.17, 15) is 0 Å². The first-order valence-electron chi connectivity index (χ1n) is 6.61. The van der Waals surface area contributed by atoms with Gasteiger partial charge in [0, 0.05) is 13.1 Å². The second-order valence-corrected chi connectivity index (χ2v) is 7.30. The molecule has 2 rings (SSSR count). The van der Waals surface area contributed by atoms with Crippen LogP contribution in [0.15, 0.2) is 4.47 Å². The SMILES string of the molecule is COc1nsc(CNCC2(C)CCN(C)CC2)c1Br. The monoisotopic (exact) mass is 347 g/mol. The summed E-state index contributed by atoms with van der Waals surface area (Å²) in [5.41, 5.74) is 0.424. The summed E-state index contributed by atoms with van der Waals surface area (Å²) in [6.07, 6.45) is 2.54. The summed E-state index contributed by atoms with van der Waals surface area (Å²) in [6.45, 7) is 6.71. The summed E-state index contributed by atoms with van der Waals surface area (Å²) >= 11 is 5.03. The van der Waals surface area contributed by atoms with Crippen LogP contribution in [0.2, 0.25) is 0 Å². The largest absolute Gasteiger partial charge is 0.480 e. The molecule has 2 heterocycles. The predicted octanol–water partition coefficient (Wildman–Crippen LogP) is 2.74. The molecule has 0 saturated carbocycles. The first-order chi connectivity index (χ1) is 9.04. The normalized spacial score (nSPS) is 19.6. The van der Waals surface area contributed by atoms with Gasteiger partial charge in [-0.3, -0.25) is 0 Å². The van der Waals surface area contributed by atoms with Crippen LogP contribution in [0.4, 0.5) is 0 Å². The van der Waals surface area contributed by atoms with Crippen molar-refractivity contribution < 1.29 is 4.74 Å². The number of halogens is 1. The number of methoxy groups -OCH3 is 1. The van der Waals surface area contributed by atoms with Gasteiger partial charge in [-0.1, -0.05) is 6.92 Å². The van der Waals surface area contributed by atoms with Crippen molar-refractivity contribution in [1.82, 2.24) is 14.6 Å². The van der Waals surface area contributed by atoms with Gasteiger partial charge in [-0.15, -0.1) is 0 Å². The lowest BCUT2D eigenvalue weighted by molar-refractivity contribution is 0.137. The summed E-state index contributed by atoms with van der Waals surface area (Å²) in [7, 11) is 3.85. The van der Waals surface area contributed by atoms with Crippen molar-refractivity contribution in [1.29, 1.82) is 0 Å². The van der Waals surface area contributed by atoms with Crippen LogP contribution in [0, 0.1) is 5.41 Å². The van der Waals surface area contributed by atoms with Crippen molar-refractivity contribution in [2.75, 3.05) is 33.8 Å². The minimum Gasteiger partial charge on any atom is -0.480 e. The molecule has 1 N–H and O–H groups in total. The number of piperidine rings is 1. The second-order valence-electron chi connectivity index (χ2n) is 5.65. The minimum atomic E-state index is 0.424. The van der Waals surface area contributed by atoms with E-state index in [1.807, 2.05) is 0 Å². The standard InChI is InChI=1S/C13H22BrN3OS/c1-13(4-6-17(2)7-5-13)9-15-8-10-11(14)12(18-3)16-19-10/h15H,4-9H2,1-3H3. The minimum absolute atomic E-state index is 0.424. The van der Waals surface area contributed by atoms with Crippen molar-refractivity contribution in [2.45, 2.75) is 26.3 Å². The molecule has 0 spiro atoms. The Labute approximate surface area is 127 Å². The highest BCUT2D eigenvalue weighted by atomic mass is 79.9. The Morgan fingerprint density at radius 1 is 1.47 bits per heavy atom. The van der Waals surface area contributed by atoms with E-state index < -0.39 is 0 Å². The van der Waals surface area contributed by atoms with E-state index in [1.54, 1.807) is 7.11 Å². The number of ether oxygens (including phenoxy) is 1. The molecule has 0 unspecified atom stereocenters. The van der Waals surface area contributed by atoms with E-state index in [0.29, 0.717) is 11.3 Å². The number of nitrogens with one attached hydrogen (secondary N) is 1. The van der Waals surface area contributed by atoms with Crippen LogP contribution < -0.4 is 10.1 Å².